The number of hydrogen-bond acceptors (Lipinski definition) is 7. The van der Waals surface area contributed by atoms with E-state index in [0.717, 1.165) is 33.8 Å². The van der Waals surface area contributed by atoms with Crippen molar-refractivity contribution in [3.63, 3.8) is 0 Å². The molecule has 8 nitrogen and oxygen atoms in total. The lowest BCUT2D eigenvalue weighted by atomic mass is 10.1. The van der Waals surface area contributed by atoms with Crippen LogP contribution in [-0.4, -0.2) is 35.5 Å². The fourth-order valence-electron chi connectivity index (χ4n) is 3.99. The molecule has 0 aliphatic heterocycles. The zero-order chi connectivity index (χ0) is 25.4. The second-order valence-corrected chi connectivity index (χ2v) is 9.70. The Labute approximate surface area is 216 Å². The molecule has 6 aromatic rings. The molecule has 0 aliphatic carbocycles. The van der Waals surface area contributed by atoms with Gasteiger partial charge in [-0.25, -0.2) is 4.68 Å². The molecular weight excluding hydrogens is 484 g/mol. The van der Waals surface area contributed by atoms with Gasteiger partial charge in [0.1, 0.15) is 11.4 Å². The van der Waals surface area contributed by atoms with E-state index in [-0.39, 0.29) is 11.7 Å². The molecule has 4 aromatic heterocycles. The number of aromatic nitrogens is 6. The molecule has 37 heavy (non-hydrogen) atoms. The quantitative estimate of drug-likeness (QED) is 0.333. The summed E-state index contributed by atoms with van der Waals surface area (Å²) < 4.78 is 9.49. The Bertz CT molecular complexity index is 1790. The van der Waals surface area contributed by atoms with Crippen molar-refractivity contribution in [1.82, 2.24) is 29.4 Å². The molecule has 0 saturated heterocycles. The van der Waals surface area contributed by atoms with Crippen LogP contribution in [0.5, 0.6) is 5.75 Å². The molecule has 6 rings (SSSR count). The van der Waals surface area contributed by atoms with Crippen molar-refractivity contribution in [3.8, 4) is 34.1 Å². The van der Waals surface area contributed by atoms with Crippen LogP contribution in [0.3, 0.4) is 0 Å². The minimum atomic E-state index is -0.221. The zero-order valence-electron chi connectivity index (χ0n) is 20.1. The molecule has 0 atom stereocenters. The fraction of sp³-hybridized carbons (Fsp3) is 0.107. The predicted octanol–water partition coefficient (Wildman–Crippen LogP) is 4.40. The van der Waals surface area contributed by atoms with Gasteiger partial charge >= 0.3 is 0 Å². The summed E-state index contributed by atoms with van der Waals surface area (Å²) in [7, 11) is 0. The van der Waals surface area contributed by atoms with E-state index in [1.54, 1.807) is 12.4 Å². The van der Waals surface area contributed by atoms with E-state index in [1.165, 1.54) is 15.9 Å². The maximum atomic E-state index is 13.2. The van der Waals surface area contributed by atoms with E-state index in [4.69, 9.17) is 9.84 Å². The smallest absolute Gasteiger partial charge is 0.291 e. The topological polar surface area (TPSA) is 87.2 Å². The third kappa shape index (κ3) is 4.52. The molecule has 0 spiro atoms. The van der Waals surface area contributed by atoms with E-state index >= 15 is 0 Å². The molecule has 0 bridgehead atoms. The van der Waals surface area contributed by atoms with Gasteiger partial charge in [-0.05, 0) is 68.5 Å². The van der Waals surface area contributed by atoms with Crippen LogP contribution >= 0.6 is 11.3 Å². The molecule has 4 heterocycles. The summed E-state index contributed by atoms with van der Waals surface area (Å²) in [4.78, 5) is 22.4. The fourth-order valence-corrected chi connectivity index (χ4v) is 4.88. The largest absolute Gasteiger partial charge is 0.491 e. The Morgan fingerprint density at radius 3 is 2.46 bits per heavy atom. The van der Waals surface area contributed by atoms with Crippen LogP contribution in [0.25, 0.3) is 39.4 Å². The number of rotatable bonds is 6. The van der Waals surface area contributed by atoms with Crippen LogP contribution in [0.4, 0.5) is 0 Å². The summed E-state index contributed by atoms with van der Waals surface area (Å²) in [5.74, 6) is 1.27. The highest BCUT2D eigenvalue weighted by Crippen LogP contribution is 2.27. The van der Waals surface area contributed by atoms with Crippen molar-refractivity contribution >= 4 is 22.4 Å². The Morgan fingerprint density at radius 1 is 0.946 bits per heavy atom. The van der Waals surface area contributed by atoms with E-state index in [0.29, 0.717) is 15.3 Å². The van der Waals surface area contributed by atoms with Crippen LogP contribution in [0.15, 0.2) is 90.1 Å². The maximum Gasteiger partial charge on any atom is 0.291 e. The monoisotopic (exact) mass is 506 g/mol. The zero-order valence-corrected chi connectivity index (χ0v) is 21.0. The average molecular weight is 507 g/mol. The molecule has 2 aromatic carbocycles. The van der Waals surface area contributed by atoms with Crippen molar-refractivity contribution in [1.29, 1.82) is 0 Å². The molecule has 0 saturated carbocycles. The molecule has 0 fully saturated rings. The number of para-hydroxylation sites is 1. The highest BCUT2D eigenvalue weighted by Gasteiger charge is 2.15. The van der Waals surface area contributed by atoms with Crippen LogP contribution in [0, 0.1) is 0 Å². The van der Waals surface area contributed by atoms with E-state index in [2.05, 4.69) is 15.1 Å². The first kappa shape index (κ1) is 22.8. The normalized spacial score (nSPS) is 12.0. The lowest BCUT2D eigenvalue weighted by Gasteiger charge is -2.09. The molecule has 9 heteroatoms. The Morgan fingerprint density at radius 2 is 1.76 bits per heavy atom. The number of ether oxygens (including phenoxy) is 1. The molecule has 182 valence electrons. The summed E-state index contributed by atoms with van der Waals surface area (Å²) in [5, 5.41) is 9.28. The van der Waals surface area contributed by atoms with Gasteiger partial charge in [0.05, 0.1) is 16.3 Å². The van der Waals surface area contributed by atoms with Crippen LogP contribution in [-0.2, 0) is 0 Å². The minimum absolute atomic E-state index is 0.0903. The minimum Gasteiger partial charge on any atom is -0.491 e. The maximum absolute atomic E-state index is 13.2. The molecule has 0 amide bonds. The van der Waals surface area contributed by atoms with Gasteiger partial charge < -0.3 is 4.74 Å². The van der Waals surface area contributed by atoms with E-state index in [1.807, 2.05) is 97.5 Å². The number of thiazole rings is 1. The third-order valence-corrected chi connectivity index (χ3v) is 6.61. The van der Waals surface area contributed by atoms with Crippen molar-refractivity contribution in [3.05, 3.63) is 106 Å². The Balaban J connectivity index is 1.45. The van der Waals surface area contributed by atoms with E-state index < -0.39 is 0 Å². The SMILES string of the molecule is CC(C)Oc1ccc(-c2nn(-c3ccccc3)cc2/C=c2\sc3nc(-c4cccnc4)nn3c2=O)cc1. The molecule has 0 aliphatic rings. The van der Waals surface area contributed by atoms with Gasteiger partial charge in [0, 0.05) is 35.3 Å². The van der Waals surface area contributed by atoms with Crippen LogP contribution < -0.4 is 14.8 Å². The van der Waals surface area contributed by atoms with Gasteiger partial charge in [0.2, 0.25) is 4.96 Å². The molecular formula is C28H22N6O2S. The number of hydrogen-bond donors (Lipinski definition) is 0. The van der Waals surface area contributed by atoms with Gasteiger partial charge in [0.25, 0.3) is 5.56 Å². The second kappa shape index (κ2) is 9.44. The summed E-state index contributed by atoms with van der Waals surface area (Å²) in [6, 6.07) is 21.4. The predicted molar refractivity (Wildman–Crippen MR) is 144 cm³/mol. The van der Waals surface area contributed by atoms with Crippen molar-refractivity contribution in [2.45, 2.75) is 20.0 Å². The lowest BCUT2D eigenvalue weighted by molar-refractivity contribution is 0.242. The number of fused-ring (bicyclic) bond motifs is 1. The van der Waals surface area contributed by atoms with Gasteiger partial charge in [-0.1, -0.05) is 29.5 Å². The van der Waals surface area contributed by atoms with Gasteiger partial charge in [-0.15, -0.1) is 5.10 Å². The number of benzene rings is 2. The first-order valence-corrected chi connectivity index (χ1v) is 12.6. The standard InChI is InChI=1S/C28H22N6O2S/c1-18(2)36-23-12-10-19(11-13-23)25-21(17-33(31-25)22-8-4-3-5-9-22)15-24-27(35)34-28(37-24)30-26(32-34)20-7-6-14-29-16-20/h3-18H,1-2H3/b24-15-. The number of pyridine rings is 1. The molecule has 0 N–H and O–H groups in total. The Hall–Kier alpha value is -4.63. The van der Waals surface area contributed by atoms with Gasteiger partial charge in [0.15, 0.2) is 5.82 Å². The van der Waals surface area contributed by atoms with Crippen LogP contribution in [0.2, 0.25) is 0 Å². The summed E-state index contributed by atoms with van der Waals surface area (Å²) in [6.45, 7) is 3.99. The highest BCUT2D eigenvalue weighted by atomic mass is 32.1. The van der Waals surface area contributed by atoms with Crippen molar-refractivity contribution < 1.29 is 4.74 Å². The number of nitrogens with zero attached hydrogens (tertiary/aromatic N) is 6. The molecule has 0 radical (unpaired) electrons. The van der Waals surface area contributed by atoms with Crippen LogP contribution in [0.1, 0.15) is 19.4 Å². The van der Waals surface area contributed by atoms with Crippen molar-refractivity contribution in [2.24, 2.45) is 0 Å². The first-order chi connectivity index (χ1) is 18.0. The van der Waals surface area contributed by atoms with Gasteiger partial charge in [-0.2, -0.15) is 14.6 Å². The summed E-state index contributed by atoms with van der Waals surface area (Å²) in [6.07, 6.45) is 7.24. The second-order valence-electron chi connectivity index (χ2n) is 8.69. The third-order valence-electron chi connectivity index (χ3n) is 5.65. The van der Waals surface area contributed by atoms with E-state index in [9.17, 15) is 4.79 Å². The highest BCUT2D eigenvalue weighted by molar-refractivity contribution is 7.15. The lowest BCUT2D eigenvalue weighted by Crippen LogP contribution is -2.23. The molecule has 0 unspecified atom stereocenters. The summed E-state index contributed by atoms with van der Waals surface area (Å²) >= 11 is 1.30. The first-order valence-electron chi connectivity index (χ1n) is 11.8. The average Bonchev–Trinajstić information content (AvgIpc) is 3.61. The Kier molecular flexibility index (Phi) is 5.82. The summed E-state index contributed by atoms with van der Waals surface area (Å²) in [5.41, 5.74) is 3.96. The van der Waals surface area contributed by atoms with Gasteiger partial charge in [-0.3, -0.25) is 9.78 Å². The van der Waals surface area contributed by atoms with Crippen molar-refractivity contribution in [2.75, 3.05) is 0 Å².